The molecule has 2 aromatic heterocycles. The van der Waals surface area contributed by atoms with Gasteiger partial charge in [-0.05, 0) is 76.2 Å². The summed E-state index contributed by atoms with van der Waals surface area (Å²) in [5, 5.41) is 4.55. The number of hydrogen-bond acceptors (Lipinski definition) is 6. The SMILES string of the molecule is CCOC(=O)C1=C(C(=O)OCC)N(c2ccc3c(c2)c2ccccc2n3CC)CN(c2ccc3c(c2)c2ccccc2n3CC)C1. The number of rotatable bonds is 8. The molecular formula is C38H38N4O4. The van der Waals surface area contributed by atoms with Gasteiger partial charge in [0.05, 0.1) is 32.0 Å². The Morgan fingerprint density at radius 3 is 1.67 bits per heavy atom. The van der Waals surface area contributed by atoms with E-state index in [2.05, 4.69) is 101 Å². The molecule has 4 aromatic carbocycles. The van der Waals surface area contributed by atoms with Gasteiger partial charge in [-0.25, -0.2) is 9.59 Å². The van der Waals surface area contributed by atoms with Crippen LogP contribution >= 0.6 is 0 Å². The van der Waals surface area contributed by atoms with E-state index in [0.717, 1.165) is 57.2 Å². The van der Waals surface area contributed by atoms with Crippen molar-refractivity contribution in [3.63, 3.8) is 0 Å². The van der Waals surface area contributed by atoms with E-state index in [1.165, 1.54) is 10.9 Å². The van der Waals surface area contributed by atoms with Gasteiger partial charge in [-0.3, -0.25) is 0 Å². The first kappa shape index (κ1) is 29.5. The Balaban J connectivity index is 1.42. The number of carbonyl (C=O) groups is 2. The number of benzene rings is 4. The molecule has 0 unspecified atom stereocenters. The number of carbonyl (C=O) groups excluding carboxylic acids is 2. The van der Waals surface area contributed by atoms with Crippen molar-refractivity contribution in [1.82, 2.24) is 9.13 Å². The fourth-order valence-electron chi connectivity index (χ4n) is 7.05. The van der Waals surface area contributed by atoms with Gasteiger partial charge < -0.3 is 28.4 Å². The van der Waals surface area contributed by atoms with Gasteiger partial charge >= 0.3 is 11.9 Å². The molecule has 6 aromatic rings. The standard InChI is InChI=1S/C38H38N4O4/c1-5-40-32-15-11-9-13-27(32)29-21-25(17-19-34(29)40)39-23-31(37(43)45-7-3)36(38(44)46-8-4)42(24-39)26-18-20-35-30(22-26)28-14-10-12-16-33(28)41(35)6-2/h9-22H,5-8,23-24H2,1-4H3. The average Bonchev–Trinajstić information content (AvgIpc) is 3.59. The predicted octanol–water partition coefficient (Wildman–Crippen LogP) is 7.61. The third-order valence-electron chi connectivity index (χ3n) is 9.03. The Morgan fingerprint density at radius 2 is 1.11 bits per heavy atom. The molecule has 0 spiro atoms. The summed E-state index contributed by atoms with van der Waals surface area (Å²) in [7, 11) is 0. The first-order chi connectivity index (χ1) is 22.5. The molecule has 0 radical (unpaired) electrons. The second-order valence-corrected chi connectivity index (χ2v) is 11.5. The van der Waals surface area contributed by atoms with Crippen molar-refractivity contribution in [3.8, 4) is 0 Å². The number of nitrogens with zero attached hydrogens (tertiary/aromatic N) is 4. The largest absolute Gasteiger partial charge is 0.463 e. The summed E-state index contributed by atoms with van der Waals surface area (Å²) in [5.74, 6) is -1.06. The summed E-state index contributed by atoms with van der Waals surface area (Å²) in [6.45, 7) is 10.5. The van der Waals surface area contributed by atoms with Gasteiger partial charge in [0, 0.05) is 68.1 Å². The third-order valence-corrected chi connectivity index (χ3v) is 9.03. The molecule has 234 valence electrons. The molecular weight excluding hydrogens is 576 g/mol. The van der Waals surface area contributed by atoms with E-state index < -0.39 is 11.9 Å². The van der Waals surface area contributed by atoms with Crippen molar-refractivity contribution in [2.75, 3.05) is 36.2 Å². The van der Waals surface area contributed by atoms with Gasteiger partial charge in [-0.1, -0.05) is 36.4 Å². The number of aryl methyl sites for hydroxylation is 2. The minimum absolute atomic E-state index is 0.192. The number of anilines is 2. The van der Waals surface area contributed by atoms with Gasteiger partial charge in [0.1, 0.15) is 5.70 Å². The zero-order valence-electron chi connectivity index (χ0n) is 26.7. The number of fused-ring (bicyclic) bond motifs is 6. The van der Waals surface area contributed by atoms with Gasteiger partial charge in [-0.2, -0.15) is 0 Å². The van der Waals surface area contributed by atoms with Crippen LogP contribution in [-0.2, 0) is 32.2 Å². The van der Waals surface area contributed by atoms with Crippen molar-refractivity contribution < 1.29 is 19.1 Å². The van der Waals surface area contributed by atoms with E-state index in [9.17, 15) is 9.59 Å². The molecule has 0 saturated heterocycles. The quantitative estimate of drug-likeness (QED) is 0.165. The van der Waals surface area contributed by atoms with Crippen LogP contribution in [0.4, 0.5) is 11.4 Å². The molecule has 8 nitrogen and oxygen atoms in total. The Labute approximate surface area is 268 Å². The number of ether oxygens (including phenoxy) is 2. The van der Waals surface area contributed by atoms with Gasteiger partial charge in [0.15, 0.2) is 0 Å². The molecule has 1 aliphatic rings. The summed E-state index contributed by atoms with van der Waals surface area (Å²) in [4.78, 5) is 31.3. The maximum Gasteiger partial charge on any atom is 0.355 e. The normalized spacial score (nSPS) is 13.8. The second-order valence-electron chi connectivity index (χ2n) is 11.5. The topological polar surface area (TPSA) is 68.9 Å². The Bertz CT molecular complexity index is 2170. The summed E-state index contributed by atoms with van der Waals surface area (Å²) in [5.41, 5.74) is 6.87. The molecule has 0 aliphatic carbocycles. The van der Waals surface area contributed by atoms with Crippen LogP contribution in [0.1, 0.15) is 27.7 Å². The lowest BCUT2D eigenvalue weighted by atomic mass is 10.1. The summed E-state index contributed by atoms with van der Waals surface area (Å²) < 4.78 is 15.7. The maximum atomic E-state index is 13.7. The Hall–Kier alpha value is -5.24. The first-order valence-corrected chi connectivity index (χ1v) is 16.1. The molecule has 8 heteroatoms. The zero-order chi connectivity index (χ0) is 31.9. The number of aromatic nitrogens is 2. The molecule has 3 heterocycles. The number of para-hydroxylation sites is 2. The highest BCUT2D eigenvalue weighted by Gasteiger charge is 2.36. The smallest absolute Gasteiger partial charge is 0.355 e. The van der Waals surface area contributed by atoms with Crippen molar-refractivity contribution in [3.05, 3.63) is 96.2 Å². The highest BCUT2D eigenvalue weighted by molar-refractivity contribution is 6.11. The molecule has 0 N–H and O–H groups in total. The third kappa shape index (κ3) is 4.67. The Kier molecular flexibility index (Phi) is 7.64. The van der Waals surface area contributed by atoms with Crippen LogP contribution in [0, 0.1) is 0 Å². The van der Waals surface area contributed by atoms with E-state index >= 15 is 0 Å². The lowest BCUT2D eigenvalue weighted by molar-refractivity contribution is -0.142. The average molecular weight is 615 g/mol. The van der Waals surface area contributed by atoms with Crippen molar-refractivity contribution >= 4 is 66.9 Å². The minimum atomic E-state index is -0.539. The fraction of sp³-hybridized carbons (Fsp3) is 0.263. The van der Waals surface area contributed by atoms with Gasteiger partial charge in [0.25, 0.3) is 0 Å². The molecule has 1 aliphatic heterocycles. The van der Waals surface area contributed by atoms with E-state index in [1.807, 2.05) is 17.0 Å². The van der Waals surface area contributed by atoms with Gasteiger partial charge in [0.2, 0.25) is 0 Å². The number of hydrogen-bond donors (Lipinski definition) is 0. The first-order valence-electron chi connectivity index (χ1n) is 16.1. The molecule has 0 bridgehead atoms. The lowest BCUT2D eigenvalue weighted by Crippen LogP contribution is -2.48. The molecule has 0 fully saturated rings. The van der Waals surface area contributed by atoms with Crippen molar-refractivity contribution in [2.45, 2.75) is 40.8 Å². The minimum Gasteiger partial charge on any atom is -0.463 e. The predicted molar refractivity (Wildman–Crippen MR) is 185 cm³/mol. The maximum absolute atomic E-state index is 13.7. The monoisotopic (exact) mass is 614 g/mol. The van der Waals surface area contributed by atoms with Crippen molar-refractivity contribution in [2.24, 2.45) is 0 Å². The van der Waals surface area contributed by atoms with E-state index in [0.29, 0.717) is 6.67 Å². The van der Waals surface area contributed by atoms with Crippen LogP contribution in [0.3, 0.4) is 0 Å². The van der Waals surface area contributed by atoms with Crippen LogP contribution in [0.15, 0.2) is 96.2 Å². The molecule has 46 heavy (non-hydrogen) atoms. The van der Waals surface area contributed by atoms with Gasteiger partial charge in [-0.15, -0.1) is 0 Å². The highest BCUT2D eigenvalue weighted by atomic mass is 16.5. The van der Waals surface area contributed by atoms with E-state index in [-0.39, 0.29) is 31.0 Å². The molecule has 0 atom stereocenters. The van der Waals surface area contributed by atoms with E-state index in [4.69, 9.17) is 9.47 Å². The highest BCUT2D eigenvalue weighted by Crippen LogP contribution is 2.38. The summed E-state index contributed by atoms with van der Waals surface area (Å²) in [6.07, 6.45) is 0. The van der Waals surface area contributed by atoms with Crippen LogP contribution < -0.4 is 9.80 Å². The second kappa shape index (κ2) is 11.9. The Morgan fingerprint density at radius 1 is 0.609 bits per heavy atom. The van der Waals surface area contributed by atoms with Crippen LogP contribution in [0.2, 0.25) is 0 Å². The zero-order valence-corrected chi connectivity index (χ0v) is 26.7. The summed E-state index contributed by atoms with van der Waals surface area (Å²) >= 11 is 0. The van der Waals surface area contributed by atoms with Crippen LogP contribution in [-0.4, -0.2) is 47.5 Å². The van der Waals surface area contributed by atoms with Crippen molar-refractivity contribution in [1.29, 1.82) is 0 Å². The van der Waals surface area contributed by atoms with E-state index in [1.54, 1.807) is 13.8 Å². The van der Waals surface area contributed by atoms with Crippen LogP contribution in [0.25, 0.3) is 43.6 Å². The molecule has 0 amide bonds. The fourth-order valence-corrected chi connectivity index (χ4v) is 7.05. The number of esters is 2. The summed E-state index contributed by atoms with van der Waals surface area (Å²) in [6, 6.07) is 29.5. The molecule has 0 saturated carbocycles. The molecule has 7 rings (SSSR count). The lowest BCUT2D eigenvalue weighted by Gasteiger charge is -2.39. The van der Waals surface area contributed by atoms with Crippen LogP contribution in [0.5, 0.6) is 0 Å².